The number of hydrogen-bond donors (Lipinski definition) is 2. The average Bonchev–Trinajstić information content (AvgIpc) is 2.61. The lowest BCUT2D eigenvalue weighted by molar-refractivity contribution is -0.384. The summed E-state index contributed by atoms with van der Waals surface area (Å²) in [5.74, 6) is -0.896. The van der Waals surface area contributed by atoms with E-state index in [0.29, 0.717) is 5.56 Å². The second kappa shape index (κ2) is 8.57. The molecular weight excluding hydrogens is 334 g/mol. The molecule has 2 N–H and O–H groups in total. The number of carbonyl (C=O) groups excluding carboxylic acids is 2. The zero-order chi connectivity index (χ0) is 19.1. The Hall–Kier alpha value is -3.48. The van der Waals surface area contributed by atoms with Gasteiger partial charge in [-0.05, 0) is 24.1 Å². The molecule has 0 saturated heterocycles. The van der Waals surface area contributed by atoms with E-state index >= 15 is 0 Å². The SMILES string of the molecule is CC(=O)NC(=Cc1cccc([N+](=O)[O-])c1)C(=O)NC(C)c1ccccc1. The molecule has 0 aliphatic carbocycles. The van der Waals surface area contributed by atoms with E-state index in [1.807, 2.05) is 37.3 Å². The number of nitro groups is 1. The highest BCUT2D eigenvalue weighted by Crippen LogP contribution is 2.16. The summed E-state index contributed by atoms with van der Waals surface area (Å²) in [4.78, 5) is 34.4. The molecule has 0 bridgehead atoms. The predicted octanol–water partition coefficient (Wildman–Crippen LogP) is 2.95. The lowest BCUT2D eigenvalue weighted by atomic mass is 10.1. The van der Waals surface area contributed by atoms with Crippen LogP contribution in [0.2, 0.25) is 0 Å². The van der Waals surface area contributed by atoms with Gasteiger partial charge in [-0.15, -0.1) is 0 Å². The van der Waals surface area contributed by atoms with Crippen molar-refractivity contribution in [2.75, 3.05) is 0 Å². The van der Waals surface area contributed by atoms with Crippen LogP contribution >= 0.6 is 0 Å². The lowest BCUT2D eigenvalue weighted by Crippen LogP contribution is -2.35. The molecule has 0 aromatic heterocycles. The van der Waals surface area contributed by atoms with Crippen molar-refractivity contribution in [3.63, 3.8) is 0 Å². The van der Waals surface area contributed by atoms with Crippen molar-refractivity contribution in [3.05, 3.63) is 81.5 Å². The van der Waals surface area contributed by atoms with Crippen LogP contribution in [0.5, 0.6) is 0 Å². The average molecular weight is 353 g/mol. The maximum absolute atomic E-state index is 12.6. The fourth-order valence-electron chi connectivity index (χ4n) is 2.34. The van der Waals surface area contributed by atoms with E-state index < -0.39 is 16.7 Å². The minimum atomic E-state index is -0.521. The summed E-state index contributed by atoms with van der Waals surface area (Å²) < 4.78 is 0. The van der Waals surface area contributed by atoms with Gasteiger partial charge in [0.2, 0.25) is 5.91 Å². The number of benzene rings is 2. The van der Waals surface area contributed by atoms with Crippen molar-refractivity contribution in [2.45, 2.75) is 19.9 Å². The Balaban J connectivity index is 2.26. The minimum Gasteiger partial charge on any atom is -0.344 e. The summed E-state index contributed by atoms with van der Waals surface area (Å²) in [6, 6.07) is 14.9. The second-order valence-corrected chi connectivity index (χ2v) is 5.70. The first kappa shape index (κ1) is 18.9. The molecule has 0 aliphatic rings. The van der Waals surface area contributed by atoms with Gasteiger partial charge in [-0.25, -0.2) is 0 Å². The molecule has 2 aromatic carbocycles. The highest BCUT2D eigenvalue weighted by atomic mass is 16.6. The van der Waals surface area contributed by atoms with Crippen LogP contribution < -0.4 is 10.6 Å². The highest BCUT2D eigenvalue weighted by molar-refractivity contribution is 6.01. The van der Waals surface area contributed by atoms with Gasteiger partial charge in [-0.2, -0.15) is 0 Å². The van der Waals surface area contributed by atoms with E-state index in [0.717, 1.165) is 5.56 Å². The molecule has 0 fully saturated rings. The first-order chi connectivity index (χ1) is 12.4. The minimum absolute atomic E-state index is 0.0146. The number of rotatable bonds is 6. The smallest absolute Gasteiger partial charge is 0.270 e. The third kappa shape index (κ3) is 5.27. The van der Waals surface area contributed by atoms with Gasteiger partial charge in [0.05, 0.1) is 11.0 Å². The normalized spacial score (nSPS) is 12.2. The molecule has 1 unspecified atom stereocenters. The van der Waals surface area contributed by atoms with Crippen LogP contribution in [-0.4, -0.2) is 16.7 Å². The number of nitrogens with zero attached hydrogens (tertiary/aromatic N) is 1. The topological polar surface area (TPSA) is 101 Å². The molecule has 1 atom stereocenters. The van der Waals surface area contributed by atoms with Crippen molar-refractivity contribution in [2.24, 2.45) is 0 Å². The van der Waals surface area contributed by atoms with Crippen LogP contribution in [0, 0.1) is 10.1 Å². The first-order valence-electron chi connectivity index (χ1n) is 7.96. The zero-order valence-electron chi connectivity index (χ0n) is 14.4. The van der Waals surface area contributed by atoms with Gasteiger partial charge in [0.15, 0.2) is 0 Å². The Morgan fingerprint density at radius 3 is 2.42 bits per heavy atom. The van der Waals surface area contributed by atoms with Crippen LogP contribution in [0.15, 0.2) is 60.3 Å². The Morgan fingerprint density at radius 2 is 1.81 bits per heavy atom. The van der Waals surface area contributed by atoms with Crippen molar-refractivity contribution in [1.82, 2.24) is 10.6 Å². The molecule has 26 heavy (non-hydrogen) atoms. The number of carbonyl (C=O) groups is 2. The van der Waals surface area contributed by atoms with Gasteiger partial charge in [-0.3, -0.25) is 19.7 Å². The maximum atomic E-state index is 12.6. The van der Waals surface area contributed by atoms with Crippen LogP contribution in [0.25, 0.3) is 6.08 Å². The highest BCUT2D eigenvalue weighted by Gasteiger charge is 2.15. The van der Waals surface area contributed by atoms with Crippen LogP contribution in [0.1, 0.15) is 31.0 Å². The Kier molecular flexibility index (Phi) is 6.21. The third-order valence-corrected chi connectivity index (χ3v) is 3.59. The molecule has 0 saturated carbocycles. The monoisotopic (exact) mass is 353 g/mol. The predicted molar refractivity (Wildman–Crippen MR) is 97.9 cm³/mol. The van der Waals surface area contributed by atoms with Crippen LogP contribution in [-0.2, 0) is 9.59 Å². The molecule has 134 valence electrons. The van der Waals surface area contributed by atoms with E-state index in [1.165, 1.54) is 31.2 Å². The van der Waals surface area contributed by atoms with E-state index in [9.17, 15) is 19.7 Å². The number of amides is 2. The summed E-state index contributed by atoms with van der Waals surface area (Å²) in [5, 5.41) is 16.2. The maximum Gasteiger partial charge on any atom is 0.270 e. The summed E-state index contributed by atoms with van der Waals surface area (Å²) in [5.41, 5.74) is 1.27. The van der Waals surface area contributed by atoms with Crippen molar-refractivity contribution < 1.29 is 14.5 Å². The first-order valence-corrected chi connectivity index (χ1v) is 7.96. The summed E-state index contributed by atoms with van der Waals surface area (Å²) in [6.45, 7) is 3.11. The molecule has 7 nitrogen and oxygen atoms in total. The molecule has 0 spiro atoms. The van der Waals surface area contributed by atoms with Crippen LogP contribution in [0.3, 0.4) is 0 Å². The number of non-ortho nitro benzene ring substituents is 1. The summed E-state index contributed by atoms with van der Waals surface area (Å²) in [7, 11) is 0. The van der Waals surface area contributed by atoms with Gasteiger partial charge in [-0.1, -0.05) is 42.5 Å². The quantitative estimate of drug-likeness (QED) is 0.473. The Morgan fingerprint density at radius 1 is 1.12 bits per heavy atom. The summed E-state index contributed by atoms with van der Waals surface area (Å²) >= 11 is 0. The molecule has 2 amide bonds. The molecular formula is C19H19N3O4. The van der Waals surface area contributed by atoms with Gasteiger partial charge < -0.3 is 10.6 Å². The zero-order valence-corrected chi connectivity index (χ0v) is 14.4. The van der Waals surface area contributed by atoms with E-state index in [2.05, 4.69) is 10.6 Å². The number of nitro benzene ring substituents is 1. The van der Waals surface area contributed by atoms with Gasteiger partial charge in [0.1, 0.15) is 5.70 Å². The molecule has 2 aromatic rings. The third-order valence-electron chi connectivity index (χ3n) is 3.59. The second-order valence-electron chi connectivity index (χ2n) is 5.70. The van der Waals surface area contributed by atoms with Gasteiger partial charge in [0.25, 0.3) is 11.6 Å². The largest absolute Gasteiger partial charge is 0.344 e. The van der Waals surface area contributed by atoms with E-state index in [1.54, 1.807) is 6.07 Å². The molecule has 0 heterocycles. The van der Waals surface area contributed by atoms with Crippen molar-refractivity contribution >= 4 is 23.6 Å². The van der Waals surface area contributed by atoms with E-state index in [4.69, 9.17) is 0 Å². The Bertz CT molecular complexity index is 847. The fourth-order valence-corrected chi connectivity index (χ4v) is 2.34. The van der Waals surface area contributed by atoms with Gasteiger partial charge >= 0.3 is 0 Å². The lowest BCUT2D eigenvalue weighted by Gasteiger charge is -2.16. The number of nitrogens with one attached hydrogen (secondary N) is 2. The van der Waals surface area contributed by atoms with Crippen LogP contribution in [0.4, 0.5) is 5.69 Å². The summed E-state index contributed by atoms with van der Waals surface area (Å²) in [6.07, 6.45) is 1.40. The molecule has 2 rings (SSSR count). The van der Waals surface area contributed by atoms with Crippen molar-refractivity contribution in [3.8, 4) is 0 Å². The van der Waals surface area contributed by atoms with Gasteiger partial charge in [0, 0.05) is 19.1 Å². The molecule has 0 radical (unpaired) electrons. The van der Waals surface area contributed by atoms with E-state index in [-0.39, 0.29) is 17.4 Å². The number of hydrogen-bond acceptors (Lipinski definition) is 4. The van der Waals surface area contributed by atoms with Crippen molar-refractivity contribution in [1.29, 1.82) is 0 Å². The molecule has 0 aliphatic heterocycles. The molecule has 7 heteroatoms. The fraction of sp³-hybridized carbons (Fsp3) is 0.158. The standard InChI is InChI=1S/C19H19N3O4/c1-13(16-8-4-3-5-9-16)20-19(24)18(21-14(2)23)12-15-7-6-10-17(11-15)22(25)26/h3-13H,1-2H3,(H,20,24)(H,21,23). The Labute approximate surface area is 150 Å².